The zero-order valence-electron chi connectivity index (χ0n) is 21.1. The second-order valence-corrected chi connectivity index (χ2v) is 10.7. The molecule has 186 valence electrons. The zero-order chi connectivity index (χ0) is 25.2. The van der Waals surface area contributed by atoms with Gasteiger partial charge in [-0.3, -0.25) is 14.0 Å². The molecule has 1 atom stereocenters. The maximum absolute atomic E-state index is 13.2. The maximum Gasteiger partial charge on any atom is 0.305 e. The van der Waals surface area contributed by atoms with Crippen molar-refractivity contribution in [1.29, 1.82) is 0 Å². The third kappa shape index (κ3) is 5.84. The molecule has 35 heavy (non-hydrogen) atoms. The SMILES string of the molecule is Cc1ccccc1-c1nc2cc(C(=O)NC(CC(=O)O)C3CCCCC3)ccn2c1NC(C)(C)C. The number of anilines is 1. The summed E-state index contributed by atoms with van der Waals surface area (Å²) in [6.45, 7) is 8.37. The normalized spacial score (nSPS) is 15.7. The molecule has 3 aromatic rings. The van der Waals surface area contributed by atoms with Crippen LogP contribution in [0.4, 0.5) is 5.82 Å². The first-order valence-electron chi connectivity index (χ1n) is 12.5. The number of imidazole rings is 1. The Morgan fingerprint density at radius 3 is 2.51 bits per heavy atom. The van der Waals surface area contributed by atoms with E-state index in [1.807, 2.05) is 22.7 Å². The summed E-state index contributed by atoms with van der Waals surface area (Å²) in [6.07, 6.45) is 7.07. The van der Waals surface area contributed by atoms with Crippen LogP contribution in [0.3, 0.4) is 0 Å². The Kier molecular flexibility index (Phi) is 7.15. The largest absolute Gasteiger partial charge is 0.481 e. The number of aryl methyl sites for hydroxylation is 1. The number of pyridine rings is 1. The van der Waals surface area contributed by atoms with Crippen LogP contribution in [0.1, 0.15) is 75.2 Å². The number of rotatable bonds is 7. The highest BCUT2D eigenvalue weighted by Gasteiger charge is 2.28. The lowest BCUT2D eigenvalue weighted by atomic mass is 9.82. The number of aromatic nitrogens is 2. The fourth-order valence-electron chi connectivity index (χ4n) is 5.00. The van der Waals surface area contributed by atoms with Crippen molar-refractivity contribution in [3.63, 3.8) is 0 Å². The summed E-state index contributed by atoms with van der Waals surface area (Å²) >= 11 is 0. The highest BCUT2D eigenvalue weighted by atomic mass is 16.4. The van der Waals surface area contributed by atoms with E-state index in [9.17, 15) is 14.7 Å². The van der Waals surface area contributed by atoms with Gasteiger partial charge in [-0.25, -0.2) is 4.98 Å². The average molecular weight is 477 g/mol. The fraction of sp³-hybridized carbons (Fsp3) is 0.464. The molecule has 0 radical (unpaired) electrons. The number of hydrogen-bond acceptors (Lipinski definition) is 4. The molecule has 4 rings (SSSR count). The Bertz CT molecular complexity index is 1220. The number of benzene rings is 1. The van der Waals surface area contributed by atoms with Gasteiger partial charge in [0.05, 0.1) is 6.42 Å². The van der Waals surface area contributed by atoms with Crippen molar-refractivity contribution in [2.45, 2.75) is 77.8 Å². The van der Waals surface area contributed by atoms with Gasteiger partial charge in [0.25, 0.3) is 5.91 Å². The summed E-state index contributed by atoms with van der Waals surface area (Å²) < 4.78 is 1.97. The van der Waals surface area contributed by atoms with Crippen molar-refractivity contribution in [3.8, 4) is 11.3 Å². The Hall–Kier alpha value is -3.35. The topological polar surface area (TPSA) is 95.7 Å². The molecule has 1 aromatic carbocycles. The number of fused-ring (bicyclic) bond motifs is 1. The molecule has 0 bridgehead atoms. The number of nitrogens with one attached hydrogen (secondary N) is 2. The predicted octanol–water partition coefficient (Wildman–Crippen LogP) is 5.67. The minimum Gasteiger partial charge on any atom is -0.481 e. The molecule has 7 nitrogen and oxygen atoms in total. The number of aliphatic carboxylic acids is 1. The van der Waals surface area contributed by atoms with Crippen LogP contribution in [0.2, 0.25) is 0 Å². The standard InChI is InChI=1S/C28H36N4O3/c1-18-10-8-9-13-21(18)25-26(31-28(2,3)4)32-15-14-20(16-23(32)30-25)27(35)29-22(17-24(33)34)19-11-6-5-7-12-19/h8-10,13-16,19,22,31H,5-7,11-12,17H2,1-4H3,(H,29,35)(H,33,34). The minimum atomic E-state index is -0.884. The smallest absolute Gasteiger partial charge is 0.305 e. The van der Waals surface area contributed by atoms with E-state index < -0.39 is 5.97 Å². The lowest BCUT2D eigenvalue weighted by Crippen LogP contribution is -2.42. The maximum atomic E-state index is 13.2. The Labute approximate surface area is 207 Å². The predicted molar refractivity (Wildman–Crippen MR) is 139 cm³/mol. The van der Waals surface area contributed by atoms with Gasteiger partial charge in [-0.1, -0.05) is 43.5 Å². The van der Waals surface area contributed by atoms with Gasteiger partial charge in [0.1, 0.15) is 17.2 Å². The van der Waals surface area contributed by atoms with Crippen LogP contribution in [-0.2, 0) is 4.79 Å². The second-order valence-electron chi connectivity index (χ2n) is 10.7. The molecular formula is C28H36N4O3. The quantitative estimate of drug-likeness (QED) is 0.408. The monoisotopic (exact) mass is 476 g/mol. The molecule has 1 amide bonds. The van der Waals surface area contributed by atoms with E-state index in [-0.39, 0.29) is 29.8 Å². The van der Waals surface area contributed by atoms with Crippen LogP contribution in [0, 0.1) is 12.8 Å². The summed E-state index contributed by atoms with van der Waals surface area (Å²) in [7, 11) is 0. The van der Waals surface area contributed by atoms with Gasteiger partial charge in [0, 0.05) is 28.9 Å². The van der Waals surface area contributed by atoms with Crippen molar-refractivity contribution in [3.05, 3.63) is 53.7 Å². The van der Waals surface area contributed by atoms with E-state index in [0.29, 0.717) is 11.2 Å². The zero-order valence-corrected chi connectivity index (χ0v) is 21.1. The van der Waals surface area contributed by atoms with Crippen LogP contribution in [0.5, 0.6) is 0 Å². The molecule has 0 spiro atoms. The first kappa shape index (κ1) is 24.8. The summed E-state index contributed by atoms with van der Waals surface area (Å²) in [5.41, 5.74) is 3.94. The van der Waals surface area contributed by atoms with Gasteiger partial charge < -0.3 is 15.7 Å². The summed E-state index contributed by atoms with van der Waals surface area (Å²) in [5.74, 6) is -0.0608. The number of carbonyl (C=O) groups excluding carboxylic acids is 1. The fourth-order valence-corrected chi connectivity index (χ4v) is 5.00. The number of amides is 1. The first-order chi connectivity index (χ1) is 16.6. The van der Waals surface area contributed by atoms with E-state index in [1.165, 1.54) is 6.42 Å². The molecule has 1 unspecified atom stereocenters. The van der Waals surface area contributed by atoms with E-state index in [2.05, 4.69) is 50.5 Å². The third-order valence-corrected chi connectivity index (χ3v) is 6.71. The number of hydrogen-bond donors (Lipinski definition) is 3. The van der Waals surface area contributed by atoms with E-state index in [4.69, 9.17) is 4.98 Å². The molecule has 0 aliphatic heterocycles. The number of carbonyl (C=O) groups is 2. The third-order valence-electron chi connectivity index (χ3n) is 6.71. The molecule has 0 saturated heterocycles. The van der Waals surface area contributed by atoms with Gasteiger partial charge >= 0.3 is 5.97 Å². The van der Waals surface area contributed by atoms with Gasteiger partial charge in [-0.05, 0) is 64.2 Å². The van der Waals surface area contributed by atoms with Gasteiger partial charge in [0.2, 0.25) is 0 Å². The van der Waals surface area contributed by atoms with Crippen molar-refractivity contribution < 1.29 is 14.7 Å². The van der Waals surface area contributed by atoms with Crippen LogP contribution in [0.15, 0.2) is 42.6 Å². The molecule has 7 heteroatoms. The van der Waals surface area contributed by atoms with Crippen molar-refractivity contribution in [2.24, 2.45) is 5.92 Å². The molecule has 1 saturated carbocycles. The average Bonchev–Trinajstić information content (AvgIpc) is 3.15. The van der Waals surface area contributed by atoms with Gasteiger partial charge in [-0.2, -0.15) is 0 Å². The van der Waals surface area contributed by atoms with Crippen LogP contribution in [0.25, 0.3) is 16.9 Å². The van der Waals surface area contributed by atoms with Gasteiger partial charge in [0.15, 0.2) is 0 Å². The van der Waals surface area contributed by atoms with Crippen LogP contribution >= 0.6 is 0 Å². The Morgan fingerprint density at radius 1 is 1.14 bits per heavy atom. The summed E-state index contributed by atoms with van der Waals surface area (Å²) in [4.78, 5) is 29.6. The summed E-state index contributed by atoms with van der Waals surface area (Å²) in [5, 5.41) is 16.0. The Morgan fingerprint density at radius 2 is 1.86 bits per heavy atom. The molecule has 1 aliphatic carbocycles. The Balaban J connectivity index is 1.68. The molecule has 2 heterocycles. The molecular weight excluding hydrogens is 440 g/mol. The van der Waals surface area contributed by atoms with Crippen LogP contribution < -0.4 is 10.6 Å². The number of carboxylic acid groups (broad SMARTS) is 1. The van der Waals surface area contributed by atoms with Gasteiger partial charge in [-0.15, -0.1) is 0 Å². The summed E-state index contributed by atoms with van der Waals surface area (Å²) in [6, 6.07) is 11.3. The van der Waals surface area contributed by atoms with Crippen molar-refractivity contribution in [1.82, 2.24) is 14.7 Å². The molecule has 2 aromatic heterocycles. The lowest BCUT2D eigenvalue weighted by Gasteiger charge is -2.30. The molecule has 3 N–H and O–H groups in total. The highest BCUT2D eigenvalue weighted by molar-refractivity contribution is 5.96. The minimum absolute atomic E-state index is 0.0564. The van der Waals surface area contributed by atoms with Crippen molar-refractivity contribution in [2.75, 3.05) is 5.32 Å². The van der Waals surface area contributed by atoms with E-state index in [0.717, 1.165) is 48.3 Å². The molecule has 1 aliphatic rings. The number of nitrogens with zero attached hydrogens (tertiary/aromatic N) is 2. The first-order valence-corrected chi connectivity index (χ1v) is 12.5. The van der Waals surface area contributed by atoms with Crippen LogP contribution in [-0.4, -0.2) is 37.9 Å². The lowest BCUT2D eigenvalue weighted by molar-refractivity contribution is -0.137. The second kappa shape index (κ2) is 10.1. The van der Waals surface area contributed by atoms with Crippen molar-refractivity contribution >= 4 is 23.3 Å². The molecule has 1 fully saturated rings. The van der Waals surface area contributed by atoms with E-state index in [1.54, 1.807) is 12.1 Å². The number of carboxylic acids is 1. The highest BCUT2D eigenvalue weighted by Crippen LogP contribution is 2.33. The van der Waals surface area contributed by atoms with E-state index >= 15 is 0 Å².